The Kier molecular flexibility index (Phi) is 5.19. The quantitative estimate of drug-likeness (QED) is 0.827. The van der Waals surface area contributed by atoms with Gasteiger partial charge in [0.05, 0.1) is 12.0 Å². The Morgan fingerprint density at radius 2 is 1.90 bits per heavy atom. The first kappa shape index (κ1) is 15.8. The lowest BCUT2D eigenvalue weighted by molar-refractivity contribution is -0.137. The molecule has 0 bridgehead atoms. The van der Waals surface area contributed by atoms with Crippen molar-refractivity contribution in [3.8, 4) is 0 Å². The Morgan fingerprint density at radius 3 is 2.48 bits per heavy atom. The number of amides is 1. The summed E-state index contributed by atoms with van der Waals surface area (Å²) in [4.78, 5) is 26.4. The van der Waals surface area contributed by atoms with Crippen molar-refractivity contribution in [2.75, 3.05) is 37.6 Å². The van der Waals surface area contributed by atoms with Gasteiger partial charge in [0.2, 0.25) is 0 Å². The van der Waals surface area contributed by atoms with Crippen LogP contribution in [0.1, 0.15) is 16.8 Å². The number of benzene rings is 1. The van der Waals surface area contributed by atoms with E-state index in [4.69, 9.17) is 10.8 Å². The second-order valence-corrected chi connectivity index (χ2v) is 5.91. The minimum absolute atomic E-state index is 0.158. The van der Waals surface area contributed by atoms with Crippen LogP contribution in [0.15, 0.2) is 22.7 Å². The molecule has 1 aliphatic rings. The number of rotatable bonds is 5. The number of carboxylic acid groups (broad SMARTS) is 1. The zero-order chi connectivity index (χ0) is 15.4. The second-order valence-electron chi connectivity index (χ2n) is 5.00. The van der Waals surface area contributed by atoms with Crippen molar-refractivity contribution in [3.05, 3.63) is 28.2 Å². The maximum atomic E-state index is 11.6. The van der Waals surface area contributed by atoms with Crippen LogP contribution in [-0.2, 0) is 4.79 Å². The summed E-state index contributed by atoms with van der Waals surface area (Å²) in [6.07, 6.45) is 0.158. The molecule has 0 aliphatic carbocycles. The predicted octanol–water partition coefficient (Wildman–Crippen LogP) is 1.14. The van der Waals surface area contributed by atoms with Gasteiger partial charge < -0.3 is 15.7 Å². The van der Waals surface area contributed by atoms with Gasteiger partial charge in [0.15, 0.2) is 0 Å². The molecule has 1 aliphatic heterocycles. The fraction of sp³-hybridized carbons (Fsp3) is 0.429. The molecule has 1 heterocycles. The average molecular weight is 356 g/mol. The van der Waals surface area contributed by atoms with Crippen molar-refractivity contribution >= 4 is 33.5 Å². The van der Waals surface area contributed by atoms with Crippen molar-refractivity contribution in [1.82, 2.24) is 4.90 Å². The molecule has 114 valence electrons. The first-order valence-corrected chi connectivity index (χ1v) is 7.55. The lowest BCUT2D eigenvalue weighted by Gasteiger charge is -2.36. The summed E-state index contributed by atoms with van der Waals surface area (Å²) < 4.78 is 0.820. The molecule has 1 saturated heterocycles. The Balaban J connectivity index is 2.02. The van der Waals surface area contributed by atoms with Gasteiger partial charge in [-0.1, -0.05) is 15.9 Å². The third kappa shape index (κ3) is 4.18. The summed E-state index contributed by atoms with van der Waals surface area (Å²) in [6, 6.07) is 5.50. The van der Waals surface area contributed by atoms with Crippen molar-refractivity contribution in [2.24, 2.45) is 5.73 Å². The largest absolute Gasteiger partial charge is 0.481 e. The van der Waals surface area contributed by atoms with Crippen LogP contribution in [0.5, 0.6) is 0 Å². The van der Waals surface area contributed by atoms with E-state index in [1.165, 1.54) is 0 Å². The molecule has 3 N–H and O–H groups in total. The minimum Gasteiger partial charge on any atom is -0.481 e. The molecule has 0 aromatic heterocycles. The summed E-state index contributed by atoms with van der Waals surface area (Å²) in [5.41, 5.74) is 6.78. The number of carbonyl (C=O) groups excluding carboxylic acids is 1. The van der Waals surface area contributed by atoms with Gasteiger partial charge in [0, 0.05) is 42.9 Å². The molecule has 21 heavy (non-hydrogen) atoms. The SMILES string of the molecule is NC(=O)c1cc(Br)ccc1N1CCN(CCC(=O)O)CC1. The number of nitrogens with two attached hydrogens (primary N) is 1. The van der Waals surface area contributed by atoms with Crippen LogP contribution >= 0.6 is 15.9 Å². The van der Waals surface area contributed by atoms with Gasteiger partial charge in [-0.05, 0) is 18.2 Å². The molecule has 6 nitrogen and oxygen atoms in total. The third-order valence-electron chi connectivity index (χ3n) is 3.58. The molecule has 0 unspecified atom stereocenters. The minimum atomic E-state index is -0.777. The number of aliphatic carboxylic acids is 1. The summed E-state index contributed by atoms with van der Waals surface area (Å²) in [5, 5.41) is 8.70. The molecule has 1 fully saturated rings. The van der Waals surface area contributed by atoms with Crippen LogP contribution in [0.25, 0.3) is 0 Å². The van der Waals surface area contributed by atoms with E-state index in [2.05, 4.69) is 25.7 Å². The maximum absolute atomic E-state index is 11.6. The van der Waals surface area contributed by atoms with Crippen molar-refractivity contribution < 1.29 is 14.7 Å². The number of halogens is 1. The van der Waals surface area contributed by atoms with Crippen molar-refractivity contribution in [3.63, 3.8) is 0 Å². The molecule has 0 atom stereocenters. The highest BCUT2D eigenvalue weighted by atomic mass is 79.9. The maximum Gasteiger partial charge on any atom is 0.304 e. The Bertz CT molecular complexity index is 542. The van der Waals surface area contributed by atoms with Gasteiger partial charge in [0.1, 0.15) is 0 Å². The number of carboxylic acids is 1. The monoisotopic (exact) mass is 355 g/mol. The molecule has 7 heteroatoms. The number of hydrogen-bond acceptors (Lipinski definition) is 4. The van der Waals surface area contributed by atoms with E-state index in [9.17, 15) is 9.59 Å². The zero-order valence-electron chi connectivity index (χ0n) is 11.6. The number of carbonyl (C=O) groups is 2. The van der Waals surface area contributed by atoms with Gasteiger partial charge in [0.25, 0.3) is 5.91 Å². The number of primary amides is 1. The fourth-order valence-electron chi connectivity index (χ4n) is 2.45. The number of piperazine rings is 1. The first-order valence-electron chi connectivity index (χ1n) is 6.76. The second kappa shape index (κ2) is 6.91. The van der Waals surface area contributed by atoms with Crippen LogP contribution in [0.2, 0.25) is 0 Å². The summed E-state index contributed by atoms with van der Waals surface area (Å²) >= 11 is 3.34. The van der Waals surface area contributed by atoms with Gasteiger partial charge in [-0.25, -0.2) is 0 Å². The van der Waals surface area contributed by atoms with E-state index in [0.29, 0.717) is 12.1 Å². The Morgan fingerprint density at radius 1 is 1.24 bits per heavy atom. The van der Waals surface area contributed by atoms with Gasteiger partial charge in [-0.3, -0.25) is 14.5 Å². The zero-order valence-corrected chi connectivity index (χ0v) is 13.2. The van der Waals surface area contributed by atoms with Crippen LogP contribution in [0, 0.1) is 0 Å². The smallest absolute Gasteiger partial charge is 0.304 e. The molecule has 1 aromatic carbocycles. The average Bonchev–Trinajstić information content (AvgIpc) is 2.45. The third-order valence-corrected chi connectivity index (χ3v) is 4.07. The molecular weight excluding hydrogens is 338 g/mol. The van der Waals surface area contributed by atoms with Crippen LogP contribution in [0.4, 0.5) is 5.69 Å². The number of anilines is 1. The highest BCUT2D eigenvalue weighted by Crippen LogP contribution is 2.25. The Labute approximate surface area is 131 Å². The molecule has 1 amide bonds. The first-order chi connectivity index (χ1) is 9.97. The molecule has 1 aromatic rings. The van der Waals surface area contributed by atoms with Gasteiger partial charge >= 0.3 is 5.97 Å². The summed E-state index contributed by atoms with van der Waals surface area (Å²) in [5.74, 6) is -1.22. The van der Waals surface area contributed by atoms with E-state index in [1.807, 2.05) is 12.1 Å². The fourth-order valence-corrected chi connectivity index (χ4v) is 2.81. The highest BCUT2D eigenvalue weighted by molar-refractivity contribution is 9.10. The summed E-state index contributed by atoms with van der Waals surface area (Å²) in [6.45, 7) is 3.62. The molecular formula is C14H18BrN3O3. The number of hydrogen-bond donors (Lipinski definition) is 2. The van der Waals surface area contributed by atoms with E-state index in [0.717, 1.165) is 36.3 Å². The van der Waals surface area contributed by atoms with E-state index >= 15 is 0 Å². The van der Waals surface area contributed by atoms with Crippen molar-refractivity contribution in [2.45, 2.75) is 6.42 Å². The van der Waals surface area contributed by atoms with Crippen molar-refractivity contribution in [1.29, 1.82) is 0 Å². The standard InChI is InChI=1S/C14H18BrN3O3/c15-10-1-2-12(11(9-10)14(16)21)18-7-5-17(6-8-18)4-3-13(19)20/h1-2,9H,3-8H2,(H2,16,21)(H,19,20). The molecule has 2 rings (SSSR count). The summed E-state index contributed by atoms with van der Waals surface area (Å²) in [7, 11) is 0. The molecule has 0 saturated carbocycles. The normalized spacial score (nSPS) is 16.0. The van der Waals surface area contributed by atoms with E-state index in [-0.39, 0.29) is 6.42 Å². The molecule has 0 radical (unpaired) electrons. The lowest BCUT2D eigenvalue weighted by Crippen LogP contribution is -2.47. The topological polar surface area (TPSA) is 86.9 Å². The van der Waals surface area contributed by atoms with Crippen LogP contribution < -0.4 is 10.6 Å². The van der Waals surface area contributed by atoms with Crippen LogP contribution in [0.3, 0.4) is 0 Å². The van der Waals surface area contributed by atoms with E-state index < -0.39 is 11.9 Å². The molecule has 0 spiro atoms. The van der Waals surface area contributed by atoms with Crippen LogP contribution in [-0.4, -0.2) is 54.6 Å². The predicted molar refractivity (Wildman–Crippen MR) is 83.6 cm³/mol. The van der Waals surface area contributed by atoms with Gasteiger partial charge in [-0.2, -0.15) is 0 Å². The van der Waals surface area contributed by atoms with E-state index in [1.54, 1.807) is 6.07 Å². The number of nitrogens with zero attached hydrogens (tertiary/aromatic N) is 2. The highest BCUT2D eigenvalue weighted by Gasteiger charge is 2.21. The van der Waals surface area contributed by atoms with Gasteiger partial charge in [-0.15, -0.1) is 0 Å². The lowest BCUT2D eigenvalue weighted by atomic mass is 10.1. The Hall–Kier alpha value is -1.60.